The third kappa shape index (κ3) is 4.18. The van der Waals surface area contributed by atoms with E-state index in [-0.39, 0.29) is 11.4 Å². The van der Waals surface area contributed by atoms with Crippen LogP contribution in [0.25, 0.3) is 0 Å². The van der Waals surface area contributed by atoms with Crippen LogP contribution in [0.4, 0.5) is 16.2 Å². The molecule has 1 saturated heterocycles. The second-order valence-corrected chi connectivity index (χ2v) is 6.46. The number of aromatic nitrogens is 1. The minimum atomic E-state index is -0.690. The first-order chi connectivity index (χ1) is 11.2. The van der Waals surface area contributed by atoms with Crippen LogP contribution in [0.2, 0.25) is 0 Å². The van der Waals surface area contributed by atoms with E-state index >= 15 is 0 Å². The fourth-order valence-corrected chi connectivity index (χ4v) is 2.45. The molecule has 1 aliphatic rings. The molecule has 1 aromatic rings. The number of pyridine rings is 1. The van der Waals surface area contributed by atoms with Crippen LogP contribution in [-0.2, 0) is 9.53 Å². The van der Waals surface area contributed by atoms with Crippen molar-refractivity contribution in [2.45, 2.75) is 45.3 Å². The highest BCUT2D eigenvalue weighted by Gasteiger charge is 2.37. The van der Waals surface area contributed by atoms with Gasteiger partial charge in [0, 0.05) is 12.7 Å². The van der Waals surface area contributed by atoms with Gasteiger partial charge in [0.05, 0.1) is 4.92 Å². The molecule has 0 aliphatic carbocycles. The van der Waals surface area contributed by atoms with Crippen molar-refractivity contribution < 1.29 is 19.2 Å². The maximum absolute atomic E-state index is 12.4. The van der Waals surface area contributed by atoms with Gasteiger partial charge in [-0.15, -0.1) is 0 Å². The number of carbonyl (C=O) groups is 2. The van der Waals surface area contributed by atoms with Gasteiger partial charge >= 0.3 is 17.7 Å². The van der Waals surface area contributed by atoms with Gasteiger partial charge in [-0.25, -0.2) is 9.59 Å². The van der Waals surface area contributed by atoms with Gasteiger partial charge < -0.3 is 15.0 Å². The molecule has 0 saturated carbocycles. The molecule has 2 rings (SSSR count). The largest absolute Gasteiger partial charge is 0.458 e. The summed E-state index contributed by atoms with van der Waals surface area (Å²) in [6, 6.07) is 0.0805. The number of urea groups is 1. The lowest BCUT2D eigenvalue weighted by Gasteiger charge is -2.27. The van der Waals surface area contributed by atoms with E-state index in [9.17, 15) is 19.7 Å². The summed E-state index contributed by atoms with van der Waals surface area (Å²) >= 11 is 0. The molecule has 2 amide bonds. The van der Waals surface area contributed by atoms with Gasteiger partial charge in [0.15, 0.2) is 0 Å². The maximum atomic E-state index is 12.4. The smallest absolute Gasteiger partial charge is 0.329 e. The van der Waals surface area contributed by atoms with Crippen molar-refractivity contribution in [3.8, 4) is 0 Å². The average molecular weight is 336 g/mol. The van der Waals surface area contributed by atoms with Crippen LogP contribution in [-0.4, -0.2) is 45.0 Å². The zero-order valence-electron chi connectivity index (χ0n) is 13.8. The van der Waals surface area contributed by atoms with E-state index in [1.807, 2.05) is 0 Å². The van der Waals surface area contributed by atoms with Gasteiger partial charge in [-0.05, 0) is 39.7 Å². The Morgan fingerprint density at radius 2 is 2.17 bits per heavy atom. The lowest BCUT2D eigenvalue weighted by atomic mass is 10.1. The summed E-state index contributed by atoms with van der Waals surface area (Å²) in [5.41, 5.74) is -0.917. The third-order valence-corrected chi connectivity index (χ3v) is 3.43. The van der Waals surface area contributed by atoms with Gasteiger partial charge in [0.1, 0.15) is 23.5 Å². The van der Waals surface area contributed by atoms with E-state index in [2.05, 4.69) is 10.3 Å². The Labute approximate surface area is 139 Å². The topological polar surface area (TPSA) is 115 Å². The van der Waals surface area contributed by atoms with Crippen molar-refractivity contribution in [2.24, 2.45) is 0 Å². The first kappa shape index (κ1) is 17.6. The molecule has 0 spiro atoms. The summed E-state index contributed by atoms with van der Waals surface area (Å²) in [7, 11) is 0. The Balaban J connectivity index is 2.12. The Bertz CT molecular complexity index is 656. The molecule has 1 atom stereocenters. The fraction of sp³-hybridized carbons (Fsp3) is 0.533. The van der Waals surface area contributed by atoms with E-state index in [0.717, 1.165) is 6.20 Å². The lowest BCUT2D eigenvalue weighted by molar-refractivity contribution is -0.384. The molecule has 24 heavy (non-hydrogen) atoms. The number of carbonyl (C=O) groups excluding carboxylic acids is 2. The van der Waals surface area contributed by atoms with E-state index in [1.54, 1.807) is 20.8 Å². The SMILES string of the molecule is CC(C)(C)OC(=O)[C@@H]1CCCN1C(=O)Nc1ccncc1[N+](=O)[O-]. The fourth-order valence-electron chi connectivity index (χ4n) is 2.45. The molecular formula is C15H20N4O5. The molecule has 2 heterocycles. The van der Waals surface area contributed by atoms with Crippen molar-refractivity contribution in [1.82, 2.24) is 9.88 Å². The van der Waals surface area contributed by atoms with Gasteiger partial charge in [0.25, 0.3) is 0 Å². The van der Waals surface area contributed by atoms with E-state index in [4.69, 9.17) is 4.74 Å². The summed E-state index contributed by atoms with van der Waals surface area (Å²) in [6.07, 6.45) is 3.57. The van der Waals surface area contributed by atoms with Crippen LogP contribution in [0.5, 0.6) is 0 Å². The molecular weight excluding hydrogens is 316 g/mol. The molecule has 1 N–H and O–H groups in total. The molecule has 1 aromatic heterocycles. The van der Waals surface area contributed by atoms with Crippen molar-refractivity contribution in [1.29, 1.82) is 0 Å². The van der Waals surface area contributed by atoms with Crippen molar-refractivity contribution >= 4 is 23.4 Å². The van der Waals surface area contributed by atoms with Crippen LogP contribution < -0.4 is 5.32 Å². The van der Waals surface area contributed by atoms with Crippen LogP contribution in [0.15, 0.2) is 18.5 Å². The Morgan fingerprint density at radius 3 is 2.79 bits per heavy atom. The van der Waals surface area contributed by atoms with Crippen molar-refractivity contribution in [3.05, 3.63) is 28.6 Å². The summed E-state index contributed by atoms with van der Waals surface area (Å²) < 4.78 is 5.34. The maximum Gasteiger partial charge on any atom is 0.329 e. The zero-order valence-corrected chi connectivity index (χ0v) is 13.8. The number of nitro groups is 1. The number of hydrogen-bond acceptors (Lipinski definition) is 6. The predicted octanol–water partition coefficient (Wildman–Crippen LogP) is 2.33. The molecule has 0 bridgehead atoms. The first-order valence-electron chi connectivity index (χ1n) is 7.58. The number of anilines is 1. The van der Waals surface area contributed by atoms with Gasteiger partial charge in [-0.3, -0.25) is 15.1 Å². The number of hydrogen-bond donors (Lipinski definition) is 1. The highest BCUT2D eigenvalue weighted by Crippen LogP contribution is 2.25. The van der Waals surface area contributed by atoms with Gasteiger partial charge in [-0.1, -0.05) is 0 Å². The van der Waals surface area contributed by atoms with E-state index < -0.39 is 28.6 Å². The molecule has 0 aromatic carbocycles. The van der Waals surface area contributed by atoms with Crippen LogP contribution in [0.3, 0.4) is 0 Å². The number of amides is 2. The normalized spacial score (nSPS) is 17.5. The zero-order chi connectivity index (χ0) is 17.9. The molecule has 0 unspecified atom stereocenters. The summed E-state index contributed by atoms with van der Waals surface area (Å²) in [5.74, 6) is -0.473. The molecule has 9 heteroatoms. The van der Waals surface area contributed by atoms with Gasteiger partial charge in [-0.2, -0.15) is 0 Å². The number of esters is 1. The summed E-state index contributed by atoms with van der Waals surface area (Å²) in [6.45, 7) is 5.65. The lowest BCUT2D eigenvalue weighted by Crippen LogP contribution is -2.45. The molecule has 1 aliphatic heterocycles. The predicted molar refractivity (Wildman–Crippen MR) is 85.5 cm³/mol. The van der Waals surface area contributed by atoms with Crippen molar-refractivity contribution in [3.63, 3.8) is 0 Å². The molecule has 0 radical (unpaired) electrons. The molecule has 9 nitrogen and oxygen atoms in total. The summed E-state index contributed by atoms with van der Waals surface area (Å²) in [5, 5.41) is 13.5. The van der Waals surface area contributed by atoms with Crippen LogP contribution >= 0.6 is 0 Å². The van der Waals surface area contributed by atoms with Crippen LogP contribution in [0.1, 0.15) is 33.6 Å². The average Bonchev–Trinajstić information content (AvgIpc) is 2.95. The standard InChI is InChI=1S/C15H20N4O5/c1-15(2,3)24-13(20)11-5-4-8-18(11)14(21)17-10-6-7-16-9-12(10)19(22)23/h6-7,9,11H,4-5,8H2,1-3H3,(H,16,17,21)/t11-/m0/s1. The van der Waals surface area contributed by atoms with Crippen molar-refractivity contribution in [2.75, 3.05) is 11.9 Å². The Hall–Kier alpha value is -2.71. The monoisotopic (exact) mass is 336 g/mol. The van der Waals surface area contributed by atoms with E-state index in [1.165, 1.54) is 17.2 Å². The Morgan fingerprint density at radius 1 is 1.46 bits per heavy atom. The Kier molecular flexibility index (Phi) is 5.01. The molecule has 130 valence electrons. The third-order valence-electron chi connectivity index (χ3n) is 3.43. The van der Waals surface area contributed by atoms with Crippen LogP contribution in [0, 0.1) is 10.1 Å². The number of likely N-dealkylation sites (tertiary alicyclic amines) is 1. The highest BCUT2D eigenvalue weighted by molar-refractivity contribution is 5.94. The minimum absolute atomic E-state index is 0.0369. The number of ether oxygens (including phenoxy) is 1. The number of rotatable bonds is 3. The number of nitrogens with one attached hydrogen (secondary N) is 1. The quantitative estimate of drug-likeness (QED) is 0.514. The number of nitrogens with zero attached hydrogens (tertiary/aromatic N) is 3. The highest BCUT2D eigenvalue weighted by atomic mass is 16.6. The second kappa shape index (κ2) is 6.81. The summed E-state index contributed by atoms with van der Waals surface area (Å²) in [4.78, 5) is 40.0. The second-order valence-electron chi connectivity index (χ2n) is 6.46. The first-order valence-corrected chi connectivity index (χ1v) is 7.58. The van der Waals surface area contributed by atoms with E-state index in [0.29, 0.717) is 19.4 Å². The molecule has 1 fully saturated rings. The minimum Gasteiger partial charge on any atom is -0.458 e. The van der Waals surface area contributed by atoms with Gasteiger partial charge in [0.2, 0.25) is 0 Å².